The van der Waals surface area contributed by atoms with E-state index < -0.39 is 35.4 Å². The first-order valence-corrected chi connectivity index (χ1v) is 6.67. The number of benzene rings is 1. The molecule has 21 heavy (non-hydrogen) atoms. The Balaban J connectivity index is 2.37. The Labute approximate surface area is 125 Å². The van der Waals surface area contributed by atoms with Crippen molar-refractivity contribution in [1.29, 1.82) is 0 Å². The van der Waals surface area contributed by atoms with Gasteiger partial charge < -0.3 is 10.6 Å². The Bertz CT molecular complexity index is 595. The summed E-state index contributed by atoms with van der Waals surface area (Å²) >= 11 is 2.55. The van der Waals surface area contributed by atoms with Gasteiger partial charge in [0.1, 0.15) is 11.2 Å². The van der Waals surface area contributed by atoms with Crippen molar-refractivity contribution in [1.82, 2.24) is 0 Å². The van der Waals surface area contributed by atoms with Crippen molar-refractivity contribution in [3.63, 3.8) is 0 Å². The van der Waals surface area contributed by atoms with E-state index in [1.807, 2.05) is 0 Å². The number of carbonyl (C=O) groups excluding carboxylic acids is 2. The zero-order valence-electron chi connectivity index (χ0n) is 10.3. The third-order valence-electron chi connectivity index (χ3n) is 2.83. The quantitative estimate of drug-likeness (QED) is 0.488. The van der Waals surface area contributed by atoms with Crippen molar-refractivity contribution >= 4 is 39.1 Å². The van der Waals surface area contributed by atoms with E-state index in [0.717, 1.165) is 6.07 Å². The highest BCUT2D eigenvalue weighted by Crippen LogP contribution is 2.44. The van der Waals surface area contributed by atoms with Gasteiger partial charge in [0.2, 0.25) is 11.8 Å². The lowest BCUT2D eigenvalue weighted by Crippen LogP contribution is -2.31. The molecule has 1 aromatic carbocycles. The molecule has 0 spiro atoms. The zero-order chi connectivity index (χ0) is 15.8. The van der Waals surface area contributed by atoms with Crippen molar-refractivity contribution in [2.45, 2.75) is 23.6 Å². The molecule has 0 saturated carbocycles. The van der Waals surface area contributed by atoms with Crippen LogP contribution < -0.4 is 10.6 Å². The molecule has 0 saturated heterocycles. The van der Waals surface area contributed by atoms with Crippen LogP contribution in [-0.4, -0.2) is 24.2 Å². The van der Waals surface area contributed by atoms with Crippen LogP contribution in [0.15, 0.2) is 18.2 Å². The standard InChI is InChI=1S/C12H9BrF4N2O2/c13-10(12(16,17)11(14)15)5-1-2-6-7(3-5)19-9(21)4-8(20)18-6/h1-3,10-11H,4H2,(H,18,20)(H,19,21). The van der Waals surface area contributed by atoms with Crippen LogP contribution in [0.1, 0.15) is 16.8 Å². The fourth-order valence-electron chi connectivity index (χ4n) is 1.80. The van der Waals surface area contributed by atoms with E-state index in [9.17, 15) is 27.2 Å². The molecule has 2 N–H and O–H groups in total. The number of fused-ring (bicyclic) bond motifs is 1. The molecule has 0 aromatic heterocycles. The first-order valence-electron chi connectivity index (χ1n) is 5.75. The molecular formula is C12H9BrF4N2O2. The molecular weight excluding hydrogens is 360 g/mol. The van der Waals surface area contributed by atoms with Crippen LogP contribution in [0.3, 0.4) is 0 Å². The fraction of sp³-hybridized carbons (Fsp3) is 0.333. The minimum absolute atomic E-state index is 0.0814. The molecule has 2 amide bonds. The topological polar surface area (TPSA) is 58.2 Å². The lowest BCUT2D eigenvalue weighted by Gasteiger charge is -2.22. The average Bonchev–Trinajstić information content (AvgIpc) is 2.52. The Kier molecular flexibility index (Phi) is 4.22. The second-order valence-electron chi connectivity index (χ2n) is 4.42. The summed E-state index contributed by atoms with van der Waals surface area (Å²) in [5.74, 6) is -5.44. The Morgan fingerprint density at radius 3 is 2.24 bits per heavy atom. The van der Waals surface area contributed by atoms with Crippen molar-refractivity contribution in [3.05, 3.63) is 23.8 Å². The summed E-state index contributed by atoms with van der Waals surface area (Å²) in [6.07, 6.45) is -4.25. The fourth-order valence-corrected chi connectivity index (χ4v) is 2.28. The summed E-state index contributed by atoms with van der Waals surface area (Å²) in [5.41, 5.74) is 0.156. The second-order valence-corrected chi connectivity index (χ2v) is 5.33. The lowest BCUT2D eigenvalue weighted by molar-refractivity contribution is -0.127. The van der Waals surface area contributed by atoms with Gasteiger partial charge in [-0.2, -0.15) is 8.78 Å². The lowest BCUT2D eigenvalue weighted by atomic mass is 10.1. The Hall–Kier alpha value is -1.64. The minimum Gasteiger partial charge on any atom is -0.324 e. The van der Waals surface area contributed by atoms with Gasteiger partial charge in [0, 0.05) is 0 Å². The van der Waals surface area contributed by atoms with Gasteiger partial charge in [-0.25, -0.2) is 8.78 Å². The summed E-state index contributed by atoms with van der Waals surface area (Å²) < 4.78 is 51.4. The first kappa shape index (κ1) is 15.7. The van der Waals surface area contributed by atoms with Gasteiger partial charge in [0.25, 0.3) is 0 Å². The van der Waals surface area contributed by atoms with E-state index in [-0.39, 0.29) is 16.9 Å². The highest BCUT2D eigenvalue weighted by atomic mass is 79.9. The van der Waals surface area contributed by atoms with E-state index in [2.05, 4.69) is 26.6 Å². The molecule has 1 aliphatic rings. The number of halogens is 5. The van der Waals surface area contributed by atoms with Crippen LogP contribution in [0.2, 0.25) is 0 Å². The van der Waals surface area contributed by atoms with E-state index in [1.165, 1.54) is 12.1 Å². The van der Waals surface area contributed by atoms with Crippen LogP contribution in [0.25, 0.3) is 0 Å². The van der Waals surface area contributed by atoms with Crippen molar-refractivity contribution in [2.75, 3.05) is 10.6 Å². The maximum atomic E-state index is 13.3. The van der Waals surface area contributed by atoms with Gasteiger partial charge >= 0.3 is 12.3 Å². The molecule has 9 heteroatoms. The predicted octanol–water partition coefficient (Wildman–Crippen LogP) is 3.30. The highest BCUT2D eigenvalue weighted by Gasteiger charge is 2.48. The third kappa shape index (κ3) is 3.17. The number of alkyl halides is 5. The molecule has 0 aliphatic carbocycles. The van der Waals surface area contributed by atoms with Crippen molar-refractivity contribution in [2.24, 2.45) is 0 Å². The monoisotopic (exact) mass is 368 g/mol. The number of carbonyl (C=O) groups is 2. The van der Waals surface area contributed by atoms with E-state index in [4.69, 9.17) is 0 Å². The largest absolute Gasteiger partial charge is 0.324 e. The van der Waals surface area contributed by atoms with Crippen molar-refractivity contribution < 1.29 is 27.2 Å². The second kappa shape index (κ2) is 5.63. The van der Waals surface area contributed by atoms with Crippen LogP contribution in [0.4, 0.5) is 28.9 Å². The smallest absolute Gasteiger partial charge is 0.323 e. The Morgan fingerprint density at radius 1 is 1.10 bits per heavy atom. The predicted molar refractivity (Wildman–Crippen MR) is 70.9 cm³/mol. The van der Waals surface area contributed by atoms with Gasteiger partial charge in [0.05, 0.1) is 11.4 Å². The molecule has 4 nitrogen and oxygen atoms in total. The maximum Gasteiger partial charge on any atom is 0.323 e. The van der Waals surface area contributed by atoms with Gasteiger partial charge in [-0.3, -0.25) is 9.59 Å². The summed E-state index contributed by atoms with van der Waals surface area (Å²) in [4.78, 5) is 20.8. The normalized spacial score (nSPS) is 16.9. The zero-order valence-corrected chi connectivity index (χ0v) is 11.9. The summed E-state index contributed by atoms with van der Waals surface area (Å²) in [6.45, 7) is 0. The van der Waals surface area contributed by atoms with Gasteiger partial charge in [-0.1, -0.05) is 22.0 Å². The molecule has 114 valence electrons. The molecule has 0 bridgehead atoms. The molecule has 0 radical (unpaired) electrons. The van der Waals surface area contributed by atoms with Gasteiger partial charge in [-0.05, 0) is 17.7 Å². The molecule has 1 aliphatic heterocycles. The van der Waals surface area contributed by atoms with E-state index in [1.54, 1.807) is 0 Å². The SMILES string of the molecule is O=C1CC(=O)Nc2cc(C(Br)C(F)(F)C(F)F)ccc2N1. The van der Waals surface area contributed by atoms with E-state index >= 15 is 0 Å². The molecule has 1 unspecified atom stereocenters. The van der Waals surface area contributed by atoms with Crippen LogP contribution in [0, 0.1) is 0 Å². The molecule has 1 atom stereocenters. The maximum absolute atomic E-state index is 13.3. The summed E-state index contributed by atoms with van der Waals surface area (Å²) in [7, 11) is 0. The number of amides is 2. The molecule has 2 rings (SSSR count). The first-order chi connectivity index (χ1) is 9.71. The Morgan fingerprint density at radius 2 is 1.67 bits per heavy atom. The van der Waals surface area contributed by atoms with Crippen LogP contribution in [-0.2, 0) is 9.59 Å². The van der Waals surface area contributed by atoms with Crippen LogP contribution >= 0.6 is 15.9 Å². The summed E-state index contributed by atoms with van der Waals surface area (Å²) in [5, 5.41) is 4.76. The number of nitrogens with one attached hydrogen (secondary N) is 2. The van der Waals surface area contributed by atoms with Gasteiger partial charge in [0.15, 0.2) is 0 Å². The number of hydrogen-bond acceptors (Lipinski definition) is 2. The number of hydrogen-bond donors (Lipinski definition) is 2. The van der Waals surface area contributed by atoms with Crippen molar-refractivity contribution in [3.8, 4) is 0 Å². The van der Waals surface area contributed by atoms with E-state index in [0.29, 0.717) is 0 Å². The number of anilines is 2. The minimum atomic E-state index is -4.27. The molecule has 0 fully saturated rings. The van der Waals surface area contributed by atoms with Gasteiger partial charge in [-0.15, -0.1) is 0 Å². The average molecular weight is 369 g/mol. The molecule has 1 heterocycles. The number of rotatable bonds is 3. The van der Waals surface area contributed by atoms with Crippen LogP contribution in [0.5, 0.6) is 0 Å². The molecule has 1 aromatic rings. The third-order valence-corrected chi connectivity index (χ3v) is 3.97. The summed E-state index contributed by atoms with van der Waals surface area (Å²) in [6, 6.07) is 3.56. The highest BCUT2D eigenvalue weighted by molar-refractivity contribution is 9.09.